The summed E-state index contributed by atoms with van der Waals surface area (Å²) in [6, 6.07) is 8.50. The summed E-state index contributed by atoms with van der Waals surface area (Å²) in [6.45, 7) is 7.32. The highest BCUT2D eigenvalue weighted by Gasteiger charge is 2.27. The highest BCUT2D eigenvalue weighted by atomic mass is 35.5. The van der Waals surface area contributed by atoms with Gasteiger partial charge in [-0.15, -0.1) is 0 Å². The minimum atomic E-state index is -0.728. The molecule has 0 bridgehead atoms. The molecule has 5 heteroatoms. The van der Waals surface area contributed by atoms with Gasteiger partial charge in [0.05, 0.1) is 5.41 Å². The number of carboxylic acids is 1. The molecule has 0 saturated carbocycles. The summed E-state index contributed by atoms with van der Waals surface area (Å²) in [7, 11) is 0. The average Bonchev–Trinajstić information content (AvgIpc) is 2.51. The van der Waals surface area contributed by atoms with Gasteiger partial charge < -0.3 is 10.4 Å². The number of piperidine rings is 1. The lowest BCUT2D eigenvalue weighted by molar-refractivity contribution is -0.147. The fourth-order valence-corrected chi connectivity index (χ4v) is 3.05. The fraction of sp³-hybridized carbons (Fsp3) is 0.611. The SMILES string of the molecule is CC(C)(CCNC1CCN(Cc2ccccc2Cl)CC1)C(=O)O. The van der Waals surface area contributed by atoms with E-state index in [1.807, 2.05) is 18.2 Å². The normalized spacial score (nSPS) is 17.3. The molecule has 1 saturated heterocycles. The van der Waals surface area contributed by atoms with E-state index in [1.54, 1.807) is 13.8 Å². The van der Waals surface area contributed by atoms with Crippen molar-refractivity contribution in [2.24, 2.45) is 5.41 Å². The Labute approximate surface area is 143 Å². The number of nitrogens with one attached hydrogen (secondary N) is 1. The van der Waals surface area contributed by atoms with Crippen molar-refractivity contribution in [3.8, 4) is 0 Å². The van der Waals surface area contributed by atoms with E-state index < -0.39 is 11.4 Å². The number of nitrogens with zero attached hydrogens (tertiary/aromatic N) is 1. The fourth-order valence-electron chi connectivity index (χ4n) is 2.86. The smallest absolute Gasteiger partial charge is 0.309 e. The van der Waals surface area contributed by atoms with Crippen molar-refractivity contribution in [2.45, 2.75) is 45.7 Å². The van der Waals surface area contributed by atoms with Crippen LogP contribution in [-0.4, -0.2) is 41.7 Å². The maximum Gasteiger partial charge on any atom is 0.309 e. The van der Waals surface area contributed by atoms with Crippen molar-refractivity contribution in [2.75, 3.05) is 19.6 Å². The molecule has 0 aromatic heterocycles. The van der Waals surface area contributed by atoms with Crippen LogP contribution in [-0.2, 0) is 11.3 Å². The third-order valence-corrected chi connectivity index (χ3v) is 5.07. The zero-order chi connectivity index (χ0) is 16.9. The van der Waals surface area contributed by atoms with Crippen LogP contribution < -0.4 is 5.32 Å². The van der Waals surface area contributed by atoms with E-state index >= 15 is 0 Å². The molecule has 2 N–H and O–H groups in total. The first kappa shape index (κ1) is 18.2. The van der Waals surface area contributed by atoms with Crippen molar-refractivity contribution >= 4 is 17.6 Å². The summed E-state index contributed by atoms with van der Waals surface area (Å²) in [4.78, 5) is 13.5. The number of hydrogen-bond donors (Lipinski definition) is 2. The van der Waals surface area contributed by atoms with Crippen LogP contribution in [0.15, 0.2) is 24.3 Å². The Hall–Kier alpha value is -1.10. The Morgan fingerprint density at radius 3 is 2.61 bits per heavy atom. The lowest BCUT2D eigenvalue weighted by atomic mass is 9.89. The van der Waals surface area contributed by atoms with Gasteiger partial charge in [0, 0.05) is 17.6 Å². The average molecular weight is 339 g/mol. The molecule has 128 valence electrons. The molecule has 1 fully saturated rings. The number of halogens is 1. The van der Waals surface area contributed by atoms with Crippen LogP contribution in [0.5, 0.6) is 0 Å². The molecule has 0 aliphatic carbocycles. The first-order valence-electron chi connectivity index (χ1n) is 8.31. The van der Waals surface area contributed by atoms with Gasteiger partial charge in [-0.05, 0) is 64.4 Å². The molecule has 2 rings (SSSR count). The first-order valence-corrected chi connectivity index (χ1v) is 8.69. The molecule has 1 aliphatic rings. The number of carboxylic acid groups (broad SMARTS) is 1. The third-order valence-electron chi connectivity index (χ3n) is 4.70. The summed E-state index contributed by atoms with van der Waals surface area (Å²) < 4.78 is 0. The van der Waals surface area contributed by atoms with E-state index in [4.69, 9.17) is 16.7 Å². The highest BCUT2D eigenvalue weighted by Crippen LogP contribution is 2.21. The summed E-state index contributed by atoms with van der Waals surface area (Å²) >= 11 is 6.22. The second-order valence-corrected chi connectivity index (χ2v) is 7.44. The standard InChI is InChI=1S/C18H27ClN2O2/c1-18(2,17(22)23)9-10-20-15-7-11-21(12-8-15)13-14-5-3-4-6-16(14)19/h3-6,15,20H,7-13H2,1-2H3,(H,22,23). The molecule has 1 aromatic carbocycles. The lowest BCUT2D eigenvalue weighted by Crippen LogP contribution is -2.43. The van der Waals surface area contributed by atoms with Crippen molar-refractivity contribution < 1.29 is 9.90 Å². The Morgan fingerprint density at radius 1 is 1.35 bits per heavy atom. The Bertz CT molecular complexity index is 526. The Kier molecular flexibility index (Phi) is 6.45. The molecule has 0 atom stereocenters. The van der Waals surface area contributed by atoms with Gasteiger partial charge in [0.1, 0.15) is 0 Å². The predicted octanol–water partition coefficient (Wildman–Crippen LogP) is 3.39. The van der Waals surface area contributed by atoms with Gasteiger partial charge in [0.15, 0.2) is 0 Å². The van der Waals surface area contributed by atoms with Gasteiger partial charge in [0.25, 0.3) is 0 Å². The summed E-state index contributed by atoms with van der Waals surface area (Å²) in [6.07, 6.45) is 2.85. The van der Waals surface area contributed by atoms with Gasteiger partial charge in [-0.3, -0.25) is 9.69 Å². The van der Waals surface area contributed by atoms with Gasteiger partial charge >= 0.3 is 5.97 Å². The molecule has 1 heterocycles. The number of benzene rings is 1. The minimum Gasteiger partial charge on any atom is -0.481 e. The Balaban J connectivity index is 1.70. The van der Waals surface area contributed by atoms with Gasteiger partial charge in [0.2, 0.25) is 0 Å². The number of likely N-dealkylation sites (tertiary alicyclic amines) is 1. The maximum atomic E-state index is 11.1. The molecule has 0 radical (unpaired) electrons. The van der Waals surface area contributed by atoms with Crippen molar-refractivity contribution in [3.05, 3.63) is 34.9 Å². The molecular formula is C18H27ClN2O2. The number of hydrogen-bond acceptors (Lipinski definition) is 3. The highest BCUT2D eigenvalue weighted by molar-refractivity contribution is 6.31. The van der Waals surface area contributed by atoms with E-state index in [1.165, 1.54) is 5.56 Å². The van der Waals surface area contributed by atoms with Crippen molar-refractivity contribution in [1.29, 1.82) is 0 Å². The van der Waals surface area contributed by atoms with Crippen LogP contribution >= 0.6 is 11.6 Å². The molecule has 1 aromatic rings. The Morgan fingerprint density at radius 2 is 2.00 bits per heavy atom. The zero-order valence-corrected chi connectivity index (χ0v) is 14.8. The van der Waals surface area contributed by atoms with Crippen LogP contribution in [0.25, 0.3) is 0 Å². The molecule has 0 amide bonds. The van der Waals surface area contributed by atoms with E-state index in [2.05, 4.69) is 16.3 Å². The largest absolute Gasteiger partial charge is 0.481 e. The zero-order valence-electron chi connectivity index (χ0n) is 14.0. The quantitative estimate of drug-likeness (QED) is 0.800. The minimum absolute atomic E-state index is 0.488. The van der Waals surface area contributed by atoms with Crippen molar-refractivity contribution in [3.63, 3.8) is 0 Å². The second-order valence-electron chi connectivity index (χ2n) is 7.03. The lowest BCUT2D eigenvalue weighted by Gasteiger charge is -2.33. The van der Waals surface area contributed by atoms with Crippen LogP contribution in [0.4, 0.5) is 0 Å². The van der Waals surface area contributed by atoms with Crippen LogP contribution in [0.2, 0.25) is 5.02 Å². The summed E-state index contributed by atoms with van der Waals surface area (Å²) in [5, 5.41) is 13.5. The first-order chi connectivity index (χ1) is 10.9. The topological polar surface area (TPSA) is 52.6 Å². The van der Waals surface area contributed by atoms with Crippen LogP contribution in [0.3, 0.4) is 0 Å². The summed E-state index contributed by atoms with van der Waals surface area (Å²) in [5.41, 5.74) is 0.529. The van der Waals surface area contributed by atoms with E-state index in [9.17, 15) is 4.79 Å². The number of aliphatic carboxylic acids is 1. The number of rotatable bonds is 7. The van der Waals surface area contributed by atoms with Gasteiger partial charge in [-0.2, -0.15) is 0 Å². The third kappa shape index (κ3) is 5.48. The molecule has 1 aliphatic heterocycles. The molecule has 4 nitrogen and oxygen atoms in total. The van der Waals surface area contributed by atoms with Crippen LogP contribution in [0, 0.1) is 5.41 Å². The second kappa shape index (κ2) is 8.13. The molecular weight excluding hydrogens is 312 g/mol. The van der Waals surface area contributed by atoms with E-state index in [0.717, 1.165) is 44.0 Å². The number of carbonyl (C=O) groups is 1. The van der Waals surface area contributed by atoms with E-state index in [-0.39, 0.29) is 0 Å². The predicted molar refractivity (Wildman–Crippen MR) is 93.8 cm³/mol. The monoisotopic (exact) mass is 338 g/mol. The van der Waals surface area contributed by atoms with Gasteiger partial charge in [-0.1, -0.05) is 29.8 Å². The summed E-state index contributed by atoms with van der Waals surface area (Å²) in [5.74, 6) is -0.728. The molecule has 23 heavy (non-hydrogen) atoms. The molecule has 0 spiro atoms. The van der Waals surface area contributed by atoms with Crippen LogP contribution in [0.1, 0.15) is 38.7 Å². The van der Waals surface area contributed by atoms with Crippen molar-refractivity contribution in [1.82, 2.24) is 10.2 Å². The van der Waals surface area contributed by atoms with Gasteiger partial charge in [-0.25, -0.2) is 0 Å². The van der Waals surface area contributed by atoms with E-state index in [0.29, 0.717) is 12.5 Å². The maximum absolute atomic E-state index is 11.1. The molecule has 0 unspecified atom stereocenters.